The molecular weight excluding hydrogens is 370 g/mol. The van der Waals surface area contributed by atoms with Crippen molar-refractivity contribution in [3.05, 3.63) is 35.4 Å². The van der Waals surface area contributed by atoms with Crippen molar-refractivity contribution in [2.45, 2.75) is 103 Å². The van der Waals surface area contributed by atoms with Crippen LogP contribution in [-0.2, 0) is 11.3 Å². The van der Waals surface area contributed by atoms with Gasteiger partial charge in [-0.25, -0.2) is 4.79 Å². The molecule has 0 fully saturated rings. The van der Waals surface area contributed by atoms with Gasteiger partial charge in [0.25, 0.3) is 0 Å². The number of rotatable bonds is 18. The van der Waals surface area contributed by atoms with E-state index < -0.39 is 0 Å². The summed E-state index contributed by atoms with van der Waals surface area (Å²) in [4.78, 5) is 11.7. The SMILES string of the molecule is CCCCCCCCCCCCCCCC[N+](C)(C)Cc1cccc(C(=O)OC)c1. The number of carbonyl (C=O) groups excluding carboxylic acids is 1. The van der Waals surface area contributed by atoms with Crippen molar-refractivity contribution in [3.8, 4) is 0 Å². The number of methoxy groups -OCH3 is 1. The maximum Gasteiger partial charge on any atom is 0.337 e. The highest BCUT2D eigenvalue weighted by atomic mass is 16.5. The molecule has 0 aromatic heterocycles. The Morgan fingerprint density at radius 3 is 1.80 bits per heavy atom. The molecule has 1 aromatic rings. The van der Waals surface area contributed by atoms with E-state index in [0.29, 0.717) is 5.56 Å². The van der Waals surface area contributed by atoms with Gasteiger partial charge in [0.05, 0.1) is 33.3 Å². The van der Waals surface area contributed by atoms with Crippen molar-refractivity contribution in [2.24, 2.45) is 0 Å². The number of benzene rings is 1. The lowest BCUT2D eigenvalue weighted by Crippen LogP contribution is -2.39. The van der Waals surface area contributed by atoms with Gasteiger partial charge in [-0.15, -0.1) is 0 Å². The van der Waals surface area contributed by atoms with E-state index >= 15 is 0 Å². The summed E-state index contributed by atoms with van der Waals surface area (Å²) in [5.41, 5.74) is 1.85. The van der Waals surface area contributed by atoms with Gasteiger partial charge < -0.3 is 9.22 Å². The molecule has 0 aliphatic heterocycles. The summed E-state index contributed by atoms with van der Waals surface area (Å²) in [6.45, 7) is 4.41. The molecule has 0 bridgehead atoms. The van der Waals surface area contributed by atoms with E-state index in [9.17, 15) is 4.79 Å². The first-order valence-corrected chi connectivity index (χ1v) is 12.5. The van der Waals surface area contributed by atoms with E-state index in [2.05, 4.69) is 27.1 Å². The molecule has 0 aliphatic rings. The molecule has 30 heavy (non-hydrogen) atoms. The molecule has 0 saturated heterocycles. The molecule has 0 radical (unpaired) electrons. The van der Waals surface area contributed by atoms with E-state index in [1.807, 2.05) is 18.2 Å². The number of nitrogens with zero attached hydrogens (tertiary/aromatic N) is 1. The zero-order chi connectivity index (χ0) is 22.1. The van der Waals surface area contributed by atoms with Gasteiger partial charge in [-0.05, 0) is 25.0 Å². The predicted octanol–water partition coefficient (Wildman–Crippen LogP) is 7.53. The minimum absolute atomic E-state index is 0.255. The van der Waals surface area contributed by atoms with Gasteiger partial charge in [0.1, 0.15) is 6.54 Å². The Morgan fingerprint density at radius 1 is 0.800 bits per heavy atom. The third-order valence-corrected chi connectivity index (χ3v) is 6.08. The highest BCUT2D eigenvalue weighted by Gasteiger charge is 2.16. The Labute approximate surface area is 186 Å². The summed E-state index contributed by atoms with van der Waals surface area (Å²) in [6, 6.07) is 7.85. The lowest BCUT2D eigenvalue weighted by Gasteiger charge is -2.30. The third-order valence-electron chi connectivity index (χ3n) is 6.08. The standard InChI is InChI=1S/C27H48NO2/c1-5-6-7-8-9-10-11-12-13-14-15-16-17-18-22-28(2,3)24-25-20-19-21-26(23-25)27(29)30-4/h19-21,23H,5-18,22,24H2,1-4H3/q+1. The Morgan fingerprint density at radius 2 is 1.30 bits per heavy atom. The maximum atomic E-state index is 11.7. The highest BCUT2D eigenvalue weighted by molar-refractivity contribution is 5.89. The van der Waals surface area contributed by atoms with Crippen LogP contribution in [0.25, 0.3) is 0 Å². The van der Waals surface area contributed by atoms with E-state index in [1.54, 1.807) is 0 Å². The number of quaternary nitrogens is 1. The molecule has 3 nitrogen and oxygen atoms in total. The van der Waals surface area contributed by atoms with Crippen LogP contribution in [0.4, 0.5) is 0 Å². The molecule has 3 heteroatoms. The second kappa shape index (κ2) is 16.4. The Kier molecular flexibility index (Phi) is 14.5. The molecule has 1 rings (SSSR count). The smallest absolute Gasteiger partial charge is 0.337 e. The summed E-state index contributed by atoms with van der Waals surface area (Å²) < 4.78 is 5.80. The maximum absolute atomic E-state index is 11.7. The van der Waals surface area contributed by atoms with Crippen molar-refractivity contribution in [1.29, 1.82) is 0 Å². The summed E-state index contributed by atoms with van der Waals surface area (Å²) in [6.07, 6.45) is 19.6. The molecule has 0 saturated carbocycles. The van der Waals surface area contributed by atoms with Crippen molar-refractivity contribution in [2.75, 3.05) is 27.7 Å². The van der Waals surface area contributed by atoms with Gasteiger partial charge in [-0.1, -0.05) is 96.1 Å². The van der Waals surface area contributed by atoms with E-state index in [1.165, 1.54) is 109 Å². The summed E-state index contributed by atoms with van der Waals surface area (Å²) in [5, 5.41) is 0. The number of hydrogen-bond acceptors (Lipinski definition) is 2. The number of ether oxygens (including phenoxy) is 1. The third kappa shape index (κ3) is 13.1. The molecule has 172 valence electrons. The van der Waals surface area contributed by atoms with Crippen molar-refractivity contribution >= 4 is 5.97 Å². The molecule has 0 aliphatic carbocycles. The largest absolute Gasteiger partial charge is 0.465 e. The van der Waals surface area contributed by atoms with Crippen LogP contribution in [0.5, 0.6) is 0 Å². The van der Waals surface area contributed by atoms with Gasteiger partial charge in [0.15, 0.2) is 0 Å². The number of hydrogen-bond donors (Lipinski definition) is 0. The Bertz CT molecular complexity index is 568. The fourth-order valence-corrected chi connectivity index (χ4v) is 4.22. The Hall–Kier alpha value is -1.35. The van der Waals surface area contributed by atoms with Crippen molar-refractivity contribution in [1.82, 2.24) is 0 Å². The van der Waals surface area contributed by atoms with E-state index in [0.717, 1.165) is 11.0 Å². The molecule has 0 amide bonds. The van der Waals surface area contributed by atoms with Crippen LogP contribution in [0.3, 0.4) is 0 Å². The minimum Gasteiger partial charge on any atom is -0.465 e. The summed E-state index contributed by atoms with van der Waals surface area (Å²) >= 11 is 0. The van der Waals surface area contributed by atoms with Crippen molar-refractivity contribution < 1.29 is 14.0 Å². The lowest BCUT2D eigenvalue weighted by atomic mass is 10.0. The zero-order valence-corrected chi connectivity index (χ0v) is 20.4. The molecule has 0 unspecified atom stereocenters. The first-order valence-electron chi connectivity index (χ1n) is 12.5. The average Bonchev–Trinajstić information content (AvgIpc) is 2.73. The molecular formula is C27H48NO2+. The molecule has 0 heterocycles. The quantitative estimate of drug-likeness (QED) is 0.140. The number of unbranched alkanes of at least 4 members (excludes halogenated alkanes) is 13. The first-order chi connectivity index (χ1) is 14.5. The lowest BCUT2D eigenvalue weighted by molar-refractivity contribution is -0.903. The minimum atomic E-state index is -0.255. The van der Waals surface area contributed by atoms with E-state index in [4.69, 9.17) is 4.74 Å². The Balaban J connectivity index is 2.05. The molecule has 0 N–H and O–H groups in total. The molecule has 0 atom stereocenters. The van der Waals surface area contributed by atoms with Crippen LogP contribution in [-0.4, -0.2) is 38.2 Å². The van der Waals surface area contributed by atoms with Crippen LogP contribution in [0, 0.1) is 0 Å². The van der Waals surface area contributed by atoms with Crippen LogP contribution in [0.1, 0.15) is 113 Å². The number of esters is 1. The van der Waals surface area contributed by atoms with Crippen LogP contribution in [0.2, 0.25) is 0 Å². The van der Waals surface area contributed by atoms with Crippen LogP contribution < -0.4 is 0 Å². The fourth-order valence-electron chi connectivity index (χ4n) is 4.22. The van der Waals surface area contributed by atoms with Crippen LogP contribution in [0.15, 0.2) is 24.3 Å². The highest BCUT2D eigenvalue weighted by Crippen LogP contribution is 2.16. The molecule has 1 aromatic carbocycles. The first kappa shape index (κ1) is 26.7. The van der Waals surface area contributed by atoms with Crippen LogP contribution >= 0.6 is 0 Å². The monoisotopic (exact) mass is 418 g/mol. The number of carbonyl (C=O) groups is 1. The zero-order valence-electron chi connectivity index (χ0n) is 20.4. The van der Waals surface area contributed by atoms with Gasteiger partial charge in [-0.3, -0.25) is 0 Å². The fraction of sp³-hybridized carbons (Fsp3) is 0.741. The summed E-state index contributed by atoms with van der Waals surface area (Å²) in [7, 11) is 6.00. The van der Waals surface area contributed by atoms with Gasteiger partial charge in [0.2, 0.25) is 0 Å². The van der Waals surface area contributed by atoms with E-state index in [-0.39, 0.29) is 5.97 Å². The summed E-state index contributed by atoms with van der Waals surface area (Å²) in [5.74, 6) is -0.255. The second-order valence-corrected chi connectivity index (χ2v) is 9.61. The van der Waals surface area contributed by atoms with Gasteiger partial charge >= 0.3 is 5.97 Å². The van der Waals surface area contributed by atoms with Crippen molar-refractivity contribution in [3.63, 3.8) is 0 Å². The van der Waals surface area contributed by atoms with Gasteiger partial charge in [0, 0.05) is 5.56 Å². The molecule has 0 spiro atoms. The van der Waals surface area contributed by atoms with Gasteiger partial charge in [-0.2, -0.15) is 0 Å². The average molecular weight is 419 g/mol. The second-order valence-electron chi connectivity index (χ2n) is 9.61. The normalized spacial score (nSPS) is 11.6. The predicted molar refractivity (Wildman–Crippen MR) is 129 cm³/mol. The topological polar surface area (TPSA) is 26.3 Å².